The summed E-state index contributed by atoms with van der Waals surface area (Å²) < 4.78 is 6.47. The number of rotatable bonds is 7. The van der Waals surface area contributed by atoms with E-state index in [1.54, 1.807) is 24.3 Å². The van der Waals surface area contributed by atoms with Gasteiger partial charge in [0.2, 0.25) is 0 Å². The molecule has 0 aliphatic carbocycles. The van der Waals surface area contributed by atoms with Gasteiger partial charge in [0.1, 0.15) is 5.75 Å². The van der Waals surface area contributed by atoms with Gasteiger partial charge in [-0.05, 0) is 84.9 Å². The van der Waals surface area contributed by atoms with E-state index in [9.17, 15) is 9.59 Å². The number of hydrogen-bond acceptors (Lipinski definition) is 3. The maximum absolute atomic E-state index is 12.3. The SMILES string of the molecule is CCC(C)c1ccc(OCC(=O)Nc2cccc(C(=O)NC(C)(C)C)c2)c(Br)c1. The lowest BCUT2D eigenvalue weighted by Crippen LogP contribution is -2.40. The predicted octanol–water partition coefficient (Wildman–Crippen LogP) is 5.51. The Bertz CT molecular complexity index is 875. The molecule has 29 heavy (non-hydrogen) atoms. The van der Waals surface area contributed by atoms with E-state index in [-0.39, 0.29) is 24.0 Å². The molecule has 0 fully saturated rings. The third-order valence-corrected chi connectivity index (χ3v) is 5.01. The first-order chi connectivity index (χ1) is 13.6. The van der Waals surface area contributed by atoms with E-state index in [2.05, 4.69) is 40.4 Å². The van der Waals surface area contributed by atoms with Crippen molar-refractivity contribution in [1.29, 1.82) is 0 Å². The van der Waals surface area contributed by atoms with E-state index in [1.807, 2.05) is 39.0 Å². The van der Waals surface area contributed by atoms with E-state index < -0.39 is 0 Å². The standard InChI is InChI=1S/C23H29BrN2O3/c1-6-15(2)16-10-11-20(19(24)13-16)29-14-21(27)25-18-9-7-8-17(12-18)22(28)26-23(3,4)5/h7-13,15H,6,14H2,1-5H3,(H,25,27)(H,26,28). The fourth-order valence-electron chi connectivity index (χ4n) is 2.67. The quantitative estimate of drug-likeness (QED) is 0.572. The average Bonchev–Trinajstić information content (AvgIpc) is 2.65. The molecule has 5 nitrogen and oxygen atoms in total. The fourth-order valence-corrected chi connectivity index (χ4v) is 3.18. The van der Waals surface area contributed by atoms with Gasteiger partial charge >= 0.3 is 0 Å². The zero-order valence-electron chi connectivity index (χ0n) is 17.6. The van der Waals surface area contributed by atoms with Gasteiger partial charge in [0.05, 0.1) is 4.47 Å². The number of hydrogen-bond donors (Lipinski definition) is 2. The minimum atomic E-state index is -0.331. The molecule has 2 N–H and O–H groups in total. The Kier molecular flexibility index (Phi) is 7.85. The molecule has 0 saturated carbocycles. The molecule has 2 amide bonds. The summed E-state index contributed by atoms with van der Waals surface area (Å²) in [5.41, 5.74) is 1.93. The Morgan fingerprint density at radius 1 is 1.14 bits per heavy atom. The van der Waals surface area contributed by atoms with Gasteiger partial charge in [0.25, 0.3) is 11.8 Å². The molecular weight excluding hydrogens is 432 g/mol. The summed E-state index contributed by atoms with van der Waals surface area (Å²) in [5.74, 6) is 0.600. The Balaban J connectivity index is 1.96. The Morgan fingerprint density at radius 3 is 2.48 bits per heavy atom. The van der Waals surface area contributed by atoms with Crippen molar-refractivity contribution in [2.24, 2.45) is 0 Å². The number of carbonyl (C=O) groups is 2. The highest BCUT2D eigenvalue weighted by Crippen LogP contribution is 2.30. The highest BCUT2D eigenvalue weighted by atomic mass is 79.9. The Hall–Kier alpha value is -2.34. The van der Waals surface area contributed by atoms with Crippen LogP contribution in [0.5, 0.6) is 5.75 Å². The number of halogens is 1. The molecule has 0 bridgehead atoms. The summed E-state index contributed by atoms with van der Waals surface area (Å²) in [6.07, 6.45) is 1.06. The monoisotopic (exact) mass is 460 g/mol. The molecule has 0 saturated heterocycles. The van der Waals surface area contributed by atoms with Crippen LogP contribution in [-0.4, -0.2) is 24.0 Å². The summed E-state index contributed by atoms with van der Waals surface area (Å²) >= 11 is 3.51. The van der Waals surface area contributed by atoms with Crippen molar-refractivity contribution in [2.45, 2.75) is 52.5 Å². The van der Waals surface area contributed by atoms with Crippen LogP contribution in [0.3, 0.4) is 0 Å². The van der Waals surface area contributed by atoms with Gasteiger partial charge in [-0.2, -0.15) is 0 Å². The molecule has 6 heteroatoms. The second kappa shape index (κ2) is 9.92. The van der Waals surface area contributed by atoms with E-state index in [0.717, 1.165) is 10.9 Å². The normalized spacial score (nSPS) is 12.2. The van der Waals surface area contributed by atoms with Crippen molar-refractivity contribution in [1.82, 2.24) is 5.32 Å². The smallest absolute Gasteiger partial charge is 0.262 e. The number of carbonyl (C=O) groups excluding carboxylic acids is 2. The summed E-state index contributed by atoms with van der Waals surface area (Å²) in [5, 5.41) is 5.67. The first-order valence-corrected chi connectivity index (χ1v) is 10.5. The molecule has 0 radical (unpaired) electrons. The van der Waals surface area contributed by atoms with E-state index in [4.69, 9.17) is 4.74 Å². The summed E-state index contributed by atoms with van der Waals surface area (Å²) in [7, 11) is 0. The van der Waals surface area contributed by atoms with Crippen LogP contribution in [0, 0.1) is 0 Å². The van der Waals surface area contributed by atoms with Crippen LogP contribution in [0.25, 0.3) is 0 Å². The highest BCUT2D eigenvalue weighted by Gasteiger charge is 2.16. The third kappa shape index (κ3) is 7.20. The van der Waals surface area contributed by atoms with E-state index >= 15 is 0 Å². The van der Waals surface area contributed by atoms with Crippen LogP contribution in [-0.2, 0) is 4.79 Å². The van der Waals surface area contributed by atoms with Crippen molar-refractivity contribution < 1.29 is 14.3 Å². The van der Waals surface area contributed by atoms with E-state index in [1.165, 1.54) is 5.56 Å². The molecular formula is C23H29BrN2O3. The zero-order chi connectivity index (χ0) is 21.6. The summed E-state index contributed by atoms with van der Waals surface area (Å²) in [6, 6.07) is 12.7. The van der Waals surface area contributed by atoms with Gasteiger partial charge in [0.15, 0.2) is 6.61 Å². The topological polar surface area (TPSA) is 67.4 Å². The summed E-state index contributed by atoms with van der Waals surface area (Å²) in [6.45, 7) is 9.95. The molecule has 1 unspecified atom stereocenters. The van der Waals surface area contributed by atoms with Crippen LogP contribution in [0.1, 0.15) is 62.9 Å². The van der Waals surface area contributed by atoms with Gasteiger partial charge in [-0.25, -0.2) is 0 Å². The van der Waals surface area contributed by atoms with Crippen LogP contribution < -0.4 is 15.4 Å². The first kappa shape index (κ1) is 22.9. The van der Waals surface area contributed by atoms with Crippen molar-refractivity contribution in [3.63, 3.8) is 0 Å². The van der Waals surface area contributed by atoms with Crippen LogP contribution in [0.4, 0.5) is 5.69 Å². The lowest BCUT2D eigenvalue weighted by molar-refractivity contribution is -0.118. The number of amides is 2. The molecule has 156 valence electrons. The molecule has 0 aliphatic heterocycles. The van der Waals surface area contributed by atoms with Crippen LogP contribution >= 0.6 is 15.9 Å². The fraction of sp³-hybridized carbons (Fsp3) is 0.391. The van der Waals surface area contributed by atoms with Crippen molar-refractivity contribution in [2.75, 3.05) is 11.9 Å². The Labute approximate surface area is 181 Å². The van der Waals surface area contributed by atoms with Crippen molar-refractivity contribution in [3.8, 4) is 5.75 Å². The largest absolute Gasteiger partial charge is 0.483 e. The van der Waals surface area contributed by atoms with Gasteiger partial charge < -0.3 is 15.4 Å². The molecule has 0 spiro atoms. The zero-order valence-corrected chi connectivity index (χ0v) is 19.2. The highest BCUT2D eigenvalue weighted by molar-refractivity contribution is 9.10. The lowest BCUT2D eigenvalue weighted by atomic mass is 9.99. The van der Waals surface area contributed by atoms with Gasteiger partial charge in [-0.1, -0.05) is 26.0 Å². The predicted molar refractivity (Wildman–Crippen MR) is 121 cm³/mol. The average molecular weight is 461 g/mol. The van der Waals surface area contributed by atoms with Gasteiger partial charge in [-0.3, -0.25) is 9.59 Å². The molecule has 2 aromatic rings. The first-order valence-electron chi connectivity index (χ1n) is 9.73. The number of ether oxygens (including phenoxy) is 1. The molecule has 0 aliphatic rings. The maximum Gasteiger partial charge on any atom is 0.262 e. The third-order valence-electron chi connectivity index (χ3n) is 4.39. The molecule has 2 aromatic carbocycles. The number of nitrogens with one attached hydrogen (secondary N) is 2. The number of anilines is 1. The van der Waals surface area contributed by atoms with E-state index in [0.29, 0.717) is 22.9 Å². The Morgan fingerprint density at radius 2 is 1.86 bits per heavy atom. The van der Waals surface area contributed by atoms with Crippen LogP contribution in [0.15, 0.2) is 46.9 Å². The lowest BCUT2D eigenvalue weighted by Gasteiger charge is -2.20. The van der Waals surface area contributed by atoms with Gasteiger partial charge in [-0.15, -0.1) is 0 Å². The minimum Gasteiger partial charge on any atom is -0.483 e. The second-order valence-corrected chi connectivity index (χ2v) is 8.98. The second-order valence-electron chi connectivity index (χ2n) is 8.12. The molecule has 2 rings (SSSR count). The van der Waals surface area contributed by atoms with Crippen molar-refractivity contribution >= 4 is 33.4 Å². The molecule has 0 heterocycles. The summed E-state index contributed by atoms with van der Waals surface area (Å²) in [4.78, 5) is 24.6. The van der Waals surface area contributed by atoms with Crippen LogP contribution in [0.2, 0.25) is 0 Å². The minimum absolute atomic E-state index is 0.125. The maximum atomic E-state index is 12.3. The molecule has 1 atom stereocenters. The van der Waals surface area contributed by atoms with Crippen molar-refractivity contribution in [3.05, 3.63) is 58.1 Å². The number of benzene rings is 2. The van der Waals surface area contributed by atoms with Gasteiger partial charge in [0, 0.05) is 16.8 Å². The molecule has 0 aromatic heterocycles.